The van der Waals surface area contributed by atoms with Gasteiger partial charge in [-0.1, -0.05) is 25.0 Å². The molecule has 3 heteroatoms. The maximum atomic E-state index is 11.5. The highest BCUT2D eigenvalue weighted by molar-refractivity contribution is 5.75. The van der Waals surface area contributed by atoms with Gasteiger partial charge in [0.25, 0.3) is 0 Å². The van der Waals surface area contributed by atoms with Crippen molar-refractivity contribution in [3.63, 3.8) is 0 Å². The molecule has 0 spiro atoms. The average molecular weight is 262 g/mol. The molecule has 1 fully saturated rings. The van der Waals surface area contributed by atoms with Crippen LogP contribution in [-0.2, 0) is 4.79 Å². The Labute approximate surface area is 114 Å². The van der Waals surface area contributed by atoms with Crippen LogP contribution in [0.2, 0.25) is 0 Å². The quantitative estimate of drug-likeness (QED) is 0.901. The summed E-state index contributed by atoms with van der Waals surface area (Å²) in [6.07, 6.45) is 3.43. The van der Waals surface area contributed by atoms with Crippen LogP contribution in [0.15, 0.2) is 12.1 Å². The molecular formula is C16H22O3. The summed E-state index contributed by atoms with van der Waals surface area (Å²) in [4.78, 5) is 11.5. The zero-order valence-electron chi connectivity index (χ0n) is 12.0. The fourth-order valence-corrected chi connectivity index (χ4v) is 2.83. The fraction of sp³-hybridized carbons (Fsp3) is 0.562. The molecule has 0 aromatic heterocycles. The average Bonchev–Trinajstić information content (AvgIpc) is 2.84. The van der Waals surface area contributed by atoms with E-state index in [1.165, 1.54) is 5.56 Å². The SMILES string of the molecule is Cc1ccc(C)c(OCC2(C(=O)O)CCCC2)c1C. The molecule has 0 atom stereocenters. The first-order chi connectivity index (χ1) is 8.96. The van der Waals surface area contributed by atoms with Gasteiger partial charge in [-0.2, -0.15) is 0 Å². The number of aryl methyl sites for hydroxylation is 2. The van der Waals surface area contributed by atoms with Gasteiger partial charge in [-0.15, -0.1) is 0 Å². The van der Waals surface area contributed by atoms with Crippen LogP contribution in [0, 0.1) is 26.2 Å². The molecule has 0 aliphatic heterocycles. The van der Waals surface area contributed by atoms with Gasteiger partial charge in [0.15, 0.2) is 0 Å². The normalized spacial score (nSPS) is 17.4. The lowest BCUT2D eigenvalue weighted by atomic mass is 9.87. The van der Waals surface area contributed by atoms with E-state index < -0.39 is 11.4 Å². The molecule has 1 aliphatic rings. The van der Waals surface area contributed by atoms with Crippen LogP contribution in [0.3, 0.4) is 0 Å². The first-order valence-corrected chi connectivity index (χ1v) is 6.89. The number of ether oxygens (including phenoxy) is 1. The molecular weight excluding hydrogens is 240 g/mol. The standard InChI is InChI=1S/C16H22O3/c1-11-6-7-12(2)14(13(11)3)19-10-16(15(17)18)8-4-5-9-16/h6-7H,4-5,8-10H2,1-3H3,(H,17,18). The molecule has 1 aromatic carbocycles. The predicted octanol–water partition coefficient (Wildman–Crippen LogP) is 3.64. The highest BCUT2D eigenvalue weighted by Gasteiger charge is 2.42. The minimum Gasteiger partial charge on any atom is -0.492 e. The van der Waals surface area contributed by atoms with Crippen molar-refractivity contribution in [1.82, 2.24) is 0 Å². The molecule has 3 nitrogen and oxygen atoms in total. The Morgan fingerprint density at radius 3 is 2.37 bits per heavy atom. The smallest absolute Gasteiger partial charge is 0.313 e. The van der Waals surface area contributed by atoms with E-state index in [9.17, 15) is 9.90 Å². The third-order valence-electron chi connectivity index (χ3n) is 4.38. The van der Waals surface area contributed by atoms with Gasteiger partial charge in [0, 0.05) is 0 Å². The Bertz CT molecular complexity index is 485. The van der Waals surface area contributed by atoms with Gasteiger partial charge in [-0.25, -0.2) is 0 Å². The molecule has 1 aliphatic carbocycles. The van der Waals surface area contributed by atoms with Gasteiger partial charge < -0.3 is 9.84 Å². The van der Waals surface area contributed by atoms with E-state index in [1.54, 1.807) is 0 Å². The molecule has 1 aromatic rings. The largest absolute Gasteiger partial charge is 0.492 e. The molecule has 2 rings (SSSR count). The zero-order chi connectivity index (χ0) is 14.0. The first kappa shape index (κ1) is 13.9. The molecule has 1 saturated carbocycles. The van der Waals surface area contributed by atoms with Crippen LogP contribution < -0.4 is 4.74 Å². The van der Waals surface area contributed by atoms with Crippen molar-refractivity contribution in [2.24, 2.45) is 5.41 Å². The summed E-state index contributed by atoms with van der Waals surface area (Å²) in [7, 11) is 0. The number of carbonyl (C=O) groups is 1. The minimum atomic E-state index is -0.715. The van der Waals surface area contributed by atoms with Crippen molar-refractivity contribution >= 4 is 5.97 Å². The Morgan fingerprint density at radius 1 is 1.21 bits per heavy atom. The molecule has 104 valence electrons. The molecule has 0 saturated heterocycles. The fourth-order valence-electron chi connectivity index (χ4n) is 2.83. The van der Waals surface area contributed by atoms with Crippen molar-refractivity contribution in [3.05, 3.63) is 28.8 Å². The summed E-state index contributed by atoms with van der Waals surface area (Å²) in [6.45, 7) is 6.36. The Hall–Kier alpha value is -1.51. The molecule has 1 N–H and O–H groups in total. The summed E-state index contributed by atoms with van der Waals surface area (Å²) >= 11 is 0. The van der Waals surface area contributed by atoms with Crippen molar-refractivity contribution < 1.29 is 14.6 Å². The second kappa shape index (κ2) is 5.24. The van der Waals surface area contributed by atoms with Crippen molar-refractivity contribution in [2.75, 3.05) is 6.61 Å². The van der Waals surface area contributed by atoms with E-state index >= 15 is 0 Å². The van der Waals surface area contributed by atoms with Crippen LogP contribution in [0.1, 0.15) is 42.4 Å². The van der Waals surface area contributed by atoms with Gasteiger partial charge >= 0.3 is 5.97 Å². The first-order valence-electron chi connectivity index (χ1n) is 6.89. The van der Waals surface area contributed by atoms with Crippen LogP contribution in [0.4, 0.5) is 0 Å². The van der Waals surface area contributed by atoms with Crippen LogP contribution >= 0.6 is 0 Å². The third kappa shape index (κ3) is 2.60. The maximum Gasteiger partial charge on any atom is 0.313 e. The van der Waals surface area contributed by atoms with E-state index in [4.69, 9.17) is 4.74 Å². The Kier molecular flexibility index (Phi) is 3.83. The van der Waals surface area contributed by atoms with Gasteiger partial charge in [0.2, 0.25) is 0 Å². The number of hydrogen-bond acceptors (Lipinski definition) is 2. The Balaban J connectivity index is 2.18. The topological polar surface area (TPSA) is 46.5 Å². The zero-order valence-corrected chi connectivity index (χ0v) is 12.0. The number of carboxylic acid groups (broad SMARTS) is 1. The molecule has 0 unspecified atom stereocenters. The predicted molar refractivity (Wildman–Crippen MR) is 74.7 cm³/mol. The lowest BCUT2D eigenvalue weighted by molar-refractivity contribution is -0.150. The third-order valence-corrected chi connectivity index (χ3v) is 4.38. The molecule has 0 bridgehead atoms. The number of benzene rings is 1. The van der Waals surface area contributed by atoms with Crippen LogP contribution in [0.25, 0.3) is 0 Å². The van der Waals surface area contributed by atoms with E-state index in [0.29, 0.717) is 0 Å². The summed E-state index contributed by atoms with van der Waals surface area (Å²) in [5, 5.41) is 9.45. The molecule has 0 radical (unpaired) electrons. The van der Waals surface area contributed by atoms with Crippen LogP contribution in [0.5, 0.6) is 5.75 Å². The van der Waals surface area contributed by atoms with Crippen molar-refractivity contribution in [2.45, 2.75) is 46.5 Å². The summed E-state index contributed by atoms with van der Waals surface area (Å²) in [5.41, 5.74) is 2.68. The van der Waals surface area contributed by atoms with E-state index in [-0.39, 0.29) is 6.61 Å². The number of hydrogen-bond donors (Lipinski definition) is 1. The summed E-state index contributed by atoms with van der Waals surface area (Å²) in [6, 6.07) is 4.10. The maximum absolute atomic E-state index is 11.5. The van der Waals surface area contributed by atoms with Gasteiger partial charge in [-0.05, 0) is 50.3 Å². The highest BCUT2D eigenvalue weighted by atomic mass is 16.5. The van der Waals surface area contributed by atoms with Crippen molar-refractivity contribution in [1.29, 1.82) is 0 Å². The van der Waals surface area contributed by atoms with Crippen molar-refractivity contribution in [3.8, 4) is 5.75 Å². The second-order valence-electron chi connectivity index (χ2n) is 5.73. The number of carboxylic acids is 1. The lowest BCUT2D eigenvalue weighted by Crippen LogP contribution is -2.34. The van der Waals surface area contributed by atoms with Gasteiger partial charge in [0.1, 0.15) is 17.8 Å². The van der Waals surface area contributed by atoms with Gasteiger partial charge in [0.05, 0.1) is 0 Å². The molecule has 0 heterocycles. The highest BCUT2D eigenvalue weighted by Crippen LogP contribution is 2.39. The molecule has 19 heavy (non-hydrogen) atoms. The minimum absolute atomic E-state index is 0.285. The van der Waals surface area contributed by atoms with Gasteiger partial charge in [-0.3, -0.25) is 4.79 Å². The summed E-state index contributed by atoms with van der Waals surface area (Å²) in [5.74, 6) is 0.139. The van der Waals surface area contributed by atoms with E-state index in [0.717, 1.165) is 42.6 Å². The summed E-state index contributed by atoms with van der Waals surface area (Å²) < 4.78 is 5.92. The Morgan fingerprint density at radius 2 is 1.79 bits per heavy atom. The van der Waals surface area contributed by atoms with E-state index in [2.05, 4.69) is 6.07 Å². The molecule has 0 amide bonds. The second-order valence-corrected chi connectivity index (χ2v) is 5.73. The van der Waals surface area contributed by atoms with E-state index in [1.807, 2.05) is 26.8 Å². The monoisotopic (exact) mass is 262 g/mol. The number of rotatable bonds is 4. The number of aliphatic carboxylic acids is 1. The van der Waals surface area contributed by atoms with Crippen LogP contribution in [-0.4, -0.2) is 17.7 Å². The lowest BCUT2D eigenvalue weighted by Gasteiger charge is -2.25.